The molecule has 1 amide bonds. The highest BCUT2D eigenvalue weighted by atomic mass is 19.1. The monoisotopic (exact) mass is 376 g/mol. The lowest BCUT2D eigenvalue weighted by molar-refractivity contribution is 0.0980. The van der Waals surface area contributed by atoms with Gasteiger partial charge in [-0.3, -0.25) is 4.79 Å². The third-order valence-corrected chi connectivity index (χ3v) is 4.82. The van der Waals surface area contributed by atoms with Gasteiger partial charge in [-0.1, -0.05) is 36.4 Å². The quantitative estimate of drug-likeness (QED) is 0.744. The second kappa shape index (κ2) is 7.76. The Kier molecular flexibility index (Phi) is 5.02. The van der Waals surface area contributed by atoms with Gasteiger partial charge in [0, 0.05) is 30.0 Å². The van der Waals surface area contributed by atoms with Gasteiger partial charge in [-0.2, -0.15) is 0 Å². The molecular formula is C22H21FN4O. The molecule has 0 fully saturated rings. The maximum atomic E-state index is 13.8. The summed E-state index contributed by atoms with van der Waals surface area (Å²) in [4.78, 5) is 23.6. The van der Waals surface area contributed by atoms with Gasteiger partial charge in [-0.05, 0) is 43.5 Å². The van der Waals surface area contributed by atoms with Gasteiger partial charge in [0.25, 0.3) is 5.91 Å². The number of anilines is 2. The van der Waals surface area contributed by atoms with Crippen molar-refractivity contribution in [1.29, 1.82) is 0 Å². The van der Waals surface area contributed by atoms with E-state index >= 15 is 0 Å². The molecule has 2 heterocycles. The summed E-state index contributed by atoms with van der Waals surface area (Å²) in [5, 5.41) is 3.03. The molecule has 5 nitrogen and oxygen atoms in total. The molecule has 1 aliphatic rings. The zero-order chi connectivity index (χ0) is 19.5. The lowest BCUT2D eigenvalue weighted by atomic mass is 10.0. The summed E-state index contributed by atoms with van der Waals surface area (Å²) >= 11 is 0. The SMILES string of the molecule is Cc1cc(C(=O)N2CCCc3ccccc32)nc(NCc2ccccc2F)n1. The summed E-state index contributed by atoms with van der Waals surface area (Å²) < 4.78 is 13.8. The molecule has 1 aliphatic heterocycles. The maximum absolute atomic E-state index is 13.8. The lowest BCUT2D eigenvalue weighted by Gasteiger charge is -2.29. The Morgan fingerprint density at radius 1 is 1.14 bits per heavy atom. The highest BCUT2D eigenvalue weighted by molar-refractivity contribution is 6.05. The van der Waals surface area contributed by atoms with Gasteiger partial charge >= 0.3 is 0 Å². The average molecular weight is 376 g/mol. The number of benzene rings is 2. The zero-order valence-corrected chi connectivity index (χ0v) is 15.7. The van der Waals surface area contributed by atoms with Crippen LogP contribution in [-0.4, -0.2) is 22.4 Å². The van der Waals surface area contributed by atoms with Crippen LogP contribution in [0.5, 0.6) is 0 Å². The van der Waals surface area contributed by atoms with Gasteiger partial charge < -0.3 is 10.2 Å². The minimum atomic E-state index is -0.288. The fourth-order valence-electron chi connectivity index (χ4n) is 3.46. The fourth-order valence-corrected chi connectivity index (χ4v) is 3.46. The summed E-state index contributed by atoms with van der Waals surface area (Å²) in [6.07, 6.45) is 1.89. The van der Waals surface area contributed by atoms with E-state index in [1.807, 2.05) is 25.1 Å². The highest BCUT2D eigenvalue weighted by Crippen LogP contribution is 2.28. The first-order valence-electron chi connectivity index (χ1n) is 9.34. The third-order valence-electron chi connectivity index (χ3n) is 4.82. The van der Waals surface area contributed by atoms with E-state index in [2.05, 4.69) is 21.4 Å². The summed E-state index contributed by atoms with van der Waals surface area (Å²) in [6, 6.07) is 16.2. The molecule has 6 heteroatoms. The first kappa shape index (κ1) is 18.1. The third kappa shape index (κ3) is 3.71. The Hall–Kier alpha value is -3.28. The van der Waals surface area contributed by atoms with Crippen molar-refractivity contribution in [2.75, 3.05) is 16.8 Å². The van der Waals surface area contributed by atoms with E-state index in [1.165, 1.54) is 11.6 Å². The number of amides is 1. The number of fused-ring (bicyclic) bond motifs is 1. The molecule has 1 aromatic heterocycles. The molecule has 0 spiro atoms. The van der Waals surface area contributed by atoms with E-state index in [0.29, 0.717) is 29.4 Å². The number of aryl methyl sites for hydroxylation is 2. The van der Waals surface area contributed by atoms with Gasteiger partial charge in [0.2, 0.25) is 5.95 Å². The molecule has 2 aromatic carbocycles. The van der Waals surface area contributed by atoms with Crippen LogP contribution in [0, 0.1) is 12.7 Å². The Bertz CT molecular complexity index is 1020. The predicted molar refractivity (Wildman–Crippen MR) is 107 cm³/mol. The van der Waals surface area contributed by atoms with Crippen molar-refractivity contribution in [3.05, 3.63) is 82.9 Å². The average Bonchev–Trinajstić information content (AvgIpc) is 2.72. The van der Waals surface area contributed by atoms with Crippen molar-refractivity contribution in [2.45, 2.75) is 26.3 Å². The number of nitrogens with zero attached hydrogens (tertiary/aromatic N) is 3. The molecule has 0 aliphatic carbocycles. The van der Waals surface area contributed by atoms with E-state index in [-0.39, 0.29) is 18.3 Å². The number of nitrogens with one attached hydrogen (secondary N) is 1. The summed E-state index contributed by atoms with van der Waals surface area (Å²) in [5.41, 5.74) is 3.65. The number of carbonyl (C=O) groups excluding carboxylic acids is 1. The van der Waals surface area contributed by atoms with Crippen LogP contribution in [0.3, 0.4) is 0 Å². The Balaban J connectivity index is 1.57. The number of hydrogen-bond donors (Lipinski definition) is 1. The van der Waals surface area contributed by atoms with Crippen molar-refractivity contribution >= 4 is 17.5 Å². The molecule has 0 unspecified atom stereocenters. The van der Waals surface area contributed by atoms with E-state index < -0.39 is 0 Å². The number of hydrogen-bond acceptors (Lipinski definition) is 4. The Morgan fingerprint density at radius 3 is 2.79 bits per heavy atom. The van der Waals surface area contributed by atoms with E-state index in [4.69, 9.17) is 0 Å². The molecule has 0 bridgehead atoms. The molecule has 1 N–H and O–H groups in total. The number of rotatable bonds is 4. The number of para-hydroxylation sites is 1. The zero-order valence-electron chi connectivity index (χ0n) is 15.7. The normalized spacial score (nSPS) is 13.1. The second-order valence-electron chi connectivity index (χ2n) is 6.85. The smallest absolute Gasteiger partial charge is 0.277 e. The van der Waals surface area contributed by atoms with E-state index in [9.17, 15) is 9.18 Å². The Labute approximate surface area is 163 Å². The first-order chi connectivity index (χ1) is 13.6. The van der Waals surface area contributed by atoms with Crippen LogP contribution in [0.25, 0.3) is 0 Å². The van der Waals surface area contributed by atoms with Crippen LogP contribution in [0.15, 0.2) is 54.6 Å². The van der Waals surface area contributed by atoms with Crippen molar-refractivity contribution in [2.24, 2.45) is 0 Å². The number of carbonyl (C=O) groups is 1. The molecule has 142 valence electrons. The van der Waals surface area contributed by atoms with Crippen LogP contribution in [-0.2, 0) is 13.0 Å². The largest absolute Gasteiger partial charge is 0.350 e. The number of halogens is 1. The topological polar surface area (TPSA) is 58.1 Å². The van der Waals surface area contributed by atoms with Crippen LogP contribution < -0.4 is 10.2 Å². The molecule has 0 radical (unpaired) electrons. The van der Waals surface area contributed by atoms with Gasteiger partial charge in [0.15, 0.2) is 0 Å². The minimum absolute atomic E-state index is 0.147. The van der Waals surface area contributed by atoms with Gasteiger partial charge in [0.05, 0.1) is 0 Å². The Morgan fingerprint density at radius 2 is 1.93 bits per heavy atom. The van der Waals surface area contributed by atoms with Gasteiger partial charge in [-0.15, -0.1) is 0 Å². The van der Waals surface area contributed by atoms with Gasteiger partial charge in [-0.25, -0.2) is 14.4 Å². The highest BCUT2D eigenvalue weighted by Gasteiger charge is 2.24. The van der Waals surface area contributed by atoms with Crippen molar-refractivity contribution in [3.63, 3.8) is 0 Å². The van der Waals surface area contributed by atoms with Crippen molar-refractivity contribution in [1.82, 2.24) is 9.97 Å². The second-order valence-corrected chi connectivity index (χ2v) is 6.85. The van der Waals surface area contributed by atoms with Crippen molar-refractivity contribution < 1.29 is 9.18 Å². The maximum Gasteiger partial charge on any atom is 0.277 e. The lowest BCUT2D eigenvalue weighted by Crippen LogP contribution is -2.36. The van der Waals surface area contributed by atoms with Crippen LogP contribution in [0.2, 0.25) is 0 Å². The molecule has 0 saturated heterocycles. The standard InChI is InChI=1S/C22H21FN4O/c1-15-13-19(21(28)27-12-6-9-16-7-3-5-11-20(16)27)26-22(25-15)24-14-17-8-2-4-10-18(17)23/h2-5,7-8,10-11,13H,6,9,12,14H2,1H3,(H,24,25,26). The molecule has 3 aromatic rings. The van der Waals surface area contributed by atoms with Crippen LogP contribution >= 0.6 is 0 Å². The van der Waals surface area contributed by atoms with Gasteiger partial charge in [0.1, 0.15) is 11.5 Å². The fraction of sp³-hybridized carbons (Fsp3) is 0.227. The van der Waals surface area contributed by atoms with Crippen LogP contribution in [0.4, 0.5) is 16.0 Å². The summed E-state index contributed by atoms with van der Waals surface area (Å²) in [5.74, 6) is -0.118. The van der Waals surface area contributed by atoms with E-state index in [0.717, 1.165) is 18.5 Å². The van der Waals surface area contributed by atoms with Crippen LogP contribution in [0.1, 0.15) is 33.7 Å². The van der Waals surface area contributed by atoms with E-state index in [1.54, 1.807) is 29.2 Å². The summed E-state index contributed by atoms with van der Waals surface area (Å²) in [6.45, 7) is 2.73. The molecule has 0 saturated carbocycles. The predicted octanol–water partition coefficient (Wildman–Crippen LogP) is 4.13. The molecular weight excluding hydrogens is 355 g/mol. The summed E-state index contributed by atoms with van der Waals surface area (Å²) in [7, 11) is 0. The molecule has 28 heavy (non-hydrogen) atoms. The molecule has 4 rings (SSSR count). The van der Waals surface area contributed by atoms with Crippen molar-refractivity contribution in [3.8, 4) is 0 Å². The molecule has 0 atom stereocenters. The minimum Gasteiger partial charge on any atom is -0.350 e. The first-order valence-corrected chi connectivity index (χ1v) is 9.34. The number of aromatic nitrogens is 2.